The van der Waals surface area contributed by atoms with Gasteiger partial charge in [0.25, 0.3) is 0 Å². The molecule has 18 heavy (non-hydrogen) atoms. The number of rotatable bonds is 4. The molecule has 2 rings (SSSR count). The van der Waals surface area contributed by atoms with Crippen LogP contribution >= 0.6 is 23.2 Å². The number of benzene rings is 1. The van der Waals surface area contributed by atoms with E-state index in [9.17, 15) is 0 Å². The Hall–Kier alpha value is -0.240. The summed E-state index contributed by atoms with van der Waals surface area (Å²) < 4.78 is 0. The van der Waals surface area contributed by atoms with Crippen molar-refractivity contribution in [1.82, 2.24) is 5.32 Å². The van der Waals surface area contributed by atoms with Gasteiger partial charge in [-0.15, -0.1) is 0 Å². The molecule has 1 aliphatic rings. The van der Waals surface area contributed by atoms with E-state index in [4.69, 9.17) is 23.2 Å². The van der Waals surface area contributed by atoms with Crippen molar-refractivity contribution < 1.29 is 0 Å². The molecule has 0 aromatic heterocycles. The van der Waals surface area contributed by atoms with E-state index in [2.05, 4.69) is 12.2 Å². The van der Waals surface area contributed by atoms with Crippen molar-refractivity contribution in [2.45, 2.75) is 51.6 Å². The standard InChI is InChI=1S/C15H21Cl2N/c1-11(12-5-3-2-4-6-12)18-10-13-7-8-14(16)9-15(13)17/h7-9,11-12,18H,2-6,10H2,1H3/t11-/m0/s1. The van der Waals surface area contributed by atoms with Crippen LogP contribution in [0.4, 0.5) is 0 Å². The average molecular weight is 286 g/mol. The summed E-state index contributed by atoms with van der Waals surface area (Å²) in [5.41, 5.74) is 1.13. The zero-order valence-electron chi connectivity index (χ0n) is 10.9. The van der Waals surface area contributed by atoms with E-state index in [1.807, 2.05) is 18.2 Å². The number of nitrogens with one attached hydrogen (secondary N) is 1. The zero-order chi connectivity index (χ0) is 13.0. The molecule has 3 heteroatoms. The lowest BCUT2D eigenvalue weighted by molar-refractivity contribution is 0.280. The van der Waals surface area contributed by atoms with Crippen LogP contribution in [0.2, 0.25) is 10.0 Å². The monoisotopic (exact) mass is 285 g/mol. The second kappa shape index (κ2) is 6.79. The normalized spacial score (nSPS) is 18.8. The number of halogens is 2. The zero-order valence-corrected chi connectivity index (χ0v) is 12.4. The van der Waals surface area contributed by atoms with Gasteiger partial charge in [-0.05, 0) is 43.4 Å². The van der Waals surface area contributed by atoms with E-state index in [0.717, 1.165) is 23.0 Å². The van der Waals surface area contributed by atoms with Crippen molar-refractivity contribution in [2.75, 3.05) is 0 Å². The molecule has 1 N–H and O–H groups in total. The molecule has 100 valence electrons. The molecular weight excluding hydrogens is 265 g/mol. The maximum absolute atomic E-state index is 6.17. The van der Waals surface area contributed by atoms with E-state index in [-0.39, 0.29) is 0 Å². The largest absolute Gasteiger partial charge is 0.310 e. The Morgan fingerprint density at radius 3 is 2.61 bits per heavy atom. The van der Waals surface area contributed by atoms with Gasteiger partial charge in [-0.3, -0.25) is 0 Å². The highest BCUT2D eigenvalue weighted by Gasteiger charge is 2.19. The average Bonchev–Trinajstić information content (AvgIpc) is 2.38. The molecule has 1 aromatic carbocycles. The van der Waals surface area contributed by atoms with E-state index < -0.39 is 0 Å². The number of hydrogen-bond acceptors (Lipinski definition) is 1. The summed E-state index contributed by atoms with van der Waals surface area (Å²) >= 11 is 12.1. The third-order valence-corrected chi connectivity index (χ3v) is 4.57. The Morgan fingerprint density at radius 2 is 1.94 bits per heavy atom. The maximum Gasteiger partial charge on any atom is 0.0465 e. The van der Waals surface area contributed by atoms with E-state index >= 15 is 0 Å². The smallest absolute Gasteiger partial charge is 0.0465 e. The molecule has 0 amide bonds. The second-order valence-electron chi connectivity index (χ2n) is 5.30. The van der Waals surface area contributed by atoms with Crippen LogP contribution in [-0.2, 0) is 6.54 Å². The van der Waals surface area contributed by atoms with Crippen LogP contribution in [0.15, 0.2) is 18.2 Å². The highest BCUT2D eigenvalue weighted by Crippen LogP contribution is 2.27. The third-order valence-electron chi connectivity index (χ3n) is 3.99. The highest BCUT2D eigenvalue weighted by atomic mass is 35.5. The fraction of sp³-hybridized carbons (Fsp3) is 0.600. The van der Waals surface area contributed by atoms with Gasteiger partial charge in [-0.25, -0.2) is 0 Å². The molecule has 1 aromatic rings. The van der Waals surface area contributed by atoms with Crippen LogP contribution in [0.3, 0.4) is 0 Å². The molecule has 1 aliphatic carbocycles. The lowest BCUT2D eigenvalue weighted by Gasteiger charge is -2.28. The second-order valence-corrected chi connectivity index (χ2v) is 6.15. The molecule has 0 spiro atoms. The summed E-state index contributed by atoms with van der Waals surface area (Å²) in [6, 6.07) is 6.28. The van der Waals surface area contributed by atoms with Gasteiger partial charge in [0.1, 0.15) is 0 Å². The third kappa shape index (κ3) is 3.88. The minimum atomic E-state index is 0.567. The first-order valence-corrected chi connectivity index (χ1v) is 7.59. The summed E-state index contributed by atoms with van der Waals surface area (Å²) in [5, 5.41) is 5.06. The van der Waals surface area contributed by atoms with Crippen LogP contribution in [0.5, 0.6) is 0 Å². The summed E-state index contributed by atoms with van der Waals surface area (Å²) in [6.45, 7) is 3.12. The first kappa shape index (κ1) is 14.2. The molecule has 0 saturated heterocycles. The minimum Gasteiger partial charge on any atom is -0.310 e. The minimum absolute atomic E-state index is 0.567. The predicted molar refractivity (Wildman–Crippen MR) is 79.3 cm³/mol. The topological polar surface area (TPSA) is 12.0 Å². The molecule has 0 heterocycles. The first-order valence-electron chi connectivity index (χ1n) is 6.84. The van der Waals surface area contributed by atoms with Gasteiger partial charge >= 0.3 is 0 Å². The molecule has 0 bridgehead atoms. The van der Waals surface area contributed by atoms with Crippen molar-refractivity contribution in [3.63, 3.8) is 0 Å². The molecule has 0 radical (unpaired) electrons. The van der Waals surface area contributed by atoms with E-state index in [1.54, 1.807) is 0 Å². The molecule has 0 unspecified atom stereocenters. The van der Waals surface area contributed by atoms with Crippen LogP contribution in [0, 0.1) is 5.92 Å². The Balaban J connectivity index is 1.86. The summed E-state index contributed by atoms with van der Waals surface area (Å²) in [5.74, 6) is 0.824. The van der Waals surface area contributed by atoms with E-state index in [0.29, 0.717) is 11.1 Å². The predicted octanol–water partition coefficient (Wildman–Crippen LogP) is 5.05. The Morgan fingerprint density at radius 1 is 1.22 bits per heavy atom. The summed E-state index contributed by atoms with van der Waals surface area (Å²) in [4.78, 5) is 0. The highest BCUT2D eigenvalue weighted by molar-refractivity contribution is 6.35. The summed E-state index contributed by atoms with van der Waals surface area (Å²) in [6.07, 6.45) is 6.91. The summed E-state index contributed by atoms with van der Waals surface area (Å²) in [7, 11) is 0. The Kier molecular flexibility index (Phi) is 5.35. The quantitative estimate of drug-likeness (QED) is 0.816. The van der Waals surface area contributed by atoms with Crippen LogP contribution in [0.25, 0.3) is 0 Å². The number of hydrogen-bond donors (Lipinski definition) is 1. The van der Waals surface area contributed by atoms with Gasteiger partial charge in [0.2, 0.25) is 0 Å². The lowest BCUT2D eigenvalue weighted by atomic mass is 9.84. The molecular formula is C15H21Cl2N. The van der Waals surface area contributed by atoms with Gasteiger partial charge in [-0.2, -0.15) is 0 Å². The van der Waals surface area contributed by atoms with Gasteiger partial charge < -0.3 is 5.32 Å². The maximum atomic E-state index is 6.17. The van der Waals surface area contributed by atoms with Gasteiger partial charge in [0.05, 0.1) is 0 Å². The SMILES string of the molecule is C[C@H](NCc1ccc(Cl)cc1Cl)C1CCCCC1. The lowest BCUT2D eigenvalue weighted by Crippen LogP contribution is -2.34. The van der Waals surface area contributed by atoms with Crippen LogP contribution in [-0.4, -0.2) is 6.04 Å². The Labute approximate surface area is 120 Å². The molecule has 1 nitrogen and oxygen atoms in total. The first-order chi connectivity index (χ1) is 8.66. The van der Waals surface area contributed by atoms with Crippen molar-refractivity contribution >= 4 is 23.2 Å². The molecule has 0 aliphatic heterocycles. The molecule has 1 saturated carbocycles. The van der Waals surface area contributed by atoms with Gasteiger partial charge in [0.15, 0.2) is 0 Å². The fourth-order valence-corrected chi connectivity index (χ4v) is 3.21. The van der Waals surface area contributed by atoms with Gasteiger partial charge in [0, 0.05) is 22.6 Å². The molecule has 1 atom stereocenters. The van der Waals surface area contributed by atoms with Crippen molar-refractivity contribution in [3.8, 4) is 0 Å². The van der Waals surface area contributed by atoms with Gasteiger partial charge in [-0.1, -0.05) is 48.5 Å². The Bertz CT molecular complexity index is 386. The molecule has 1 fully saturated rings. The fourth-order valence-electron chi connectivity index (χ4n) is 2.74. The van der Waals surface area contributed by atoms with Crippen molar-refractivity contribution in [1.29, 1.82) is 0 Å². The van der Waals surface area contributed by atoms with Crippen LogP contribution < -0.4 is 5.32 Å². The van der Waals surface area contributed by atoms with Crippen molar-refractivity contribution in [2.24, 2.45) is 5.92 Å². The van der Waals surface area contributed by atoms with Crippen molar-refractivity contribution in [3.05, 3.63) is 33.8 Å². The van der Waals surface area contributed by atoms with Crippen LogP contribution in [0.1, 0.15) is 44.6 Å². The van der Waals surface area contributed by atoms with E-state index in [1.165, 1.54) is 32.1 Å².